The van der Waals surface area contributed by atoms with E-state index in [-0.39, 0.29) is 11.7 Å². The molecule has 0 heterocycles. The first kappa shape index (κ1) is 18.0. The summed E-state index contributed by atoms with van der Waals surface area (Å²) in [6.07, 6.45) is 2.40. The van der Waals surface area contributed by atoms with Gasteiger partial charge in [0.2, 0.25) is 15.9 Å². The number of hydrogen-bond donors (Lipinski definition) is 1. The molecule has 118 valence electrons. The van der Waals surface area contributed by atoms with Crippen molar-refractivity contribution in [2.75, 3.05) is 29.7 Å². The molecule has 0 bridgehead atoms. The number of carbonyl (C=O) groups excluding carboxylic acids is 1. The second-order valence-electron chi connectivity index (χ2n) is 4.59. The molecule has 0 aliphatic rings. The zero-order chi connectivity index (χ0) is 15.9. The minimum Gasteiger partial charge on any atom is -0.314 e. The van der Waals surface area contributed by atoms with Gasteiger partial charge in [-0.1, -0.05) is 18.2 Å². The van der Waals surface area contributed by atoms with Gasteiger partial charge < -0.3 is 4.90 Å². The highest BCUT2D eigenvalue weighted by Crippen LogP contribution is 2.14. The fourth-order valence-electron chi connectivity index (χ4n) is 1.78. The maximum atomic E-state index is 12.5. The van der Waals surface area contributed by atoms with Crippen LogP contribution in [-0.4, -0.2) is 45.2 Å². The number of nitrogens with one attached hydrogen (secondary N) is 1. The molecule has 1 N–H and O–H groups in total. The van der Waals surface area contributed by atoms with Gasteiger partial charge in [0, 0.05) is 12.7 Å². The summed E-state index contributed by atoms with van der Waals surface area (Å²) in [6, 6.07) is 8.45. The van der Waals surface area contributed by atoms with Crippen molar-refractivity contribution in [1.82, 2.24) is 4.72 Å². The summed E-state index contributed by atoms with van der Waals surface area (Å²) in [4.78, 5) is 14.0. The van der Waals surface area contributed by atoms with Gasteiger partial charge in [0.1, 0.15) is 6.04 Å². The van der Waals surface area contributed by atoms with E-state index >= 15 is 0 Å². The second kappa shape index (κ2) is 8.41. The highest BCUT2D eigenvalue weighted by molar-refractivity contribution is 7.98. The van der Waals surface area contributed by atoms with Crippen LogP contribution in [0.3, 0.4) is 0 Å². The molecule has 1 rings (SSSR count). The Kier molecular flexibility index (Phi) is 7.21. The summed E-state index contributed by atoms with van der Waals surface area (Å²) < 4.78 is 26.0. The van der Waals surface area contributed by atoms with Crippen LogP contribution in [0.5, 0.6) is 0 Å². The number of sulfonamides is 1. The average molecular weight is 330 g/mol. The largest absolute Gasteiger partial charge is 0.314 e. The first-order chi connectivity index (χ1) is 9.91. The maximum Gasteiger partial charge on any atom is 0.244 e. The smallest absolute Gasteiger partial charge is 0.244 e. The molecule has 7 heteroatoms. The van der Waals surface area contributed by atoms with Crippen molar-refractivity contribution in [3.05, 3.63) is 30.3 Å². The van der Waals surface area contributed by atoms with Gasteiger partial charge >= 0.3 is 0 Å². The topological polar surface area (TPSA) is 66.5 Å². The summed E-state index contributed by atoms with van der Waals surface area (Å²) in [5.74, 6) is 0.434. The van der Waals surface area contributed by atoms with Crippen LogP contribution in [0, 0.1) is 0 Å². The van der Waals surface area contributed by atoms with Crippen LogP contribution < -0.4 is 9.62 Å². The first-order valence-electron chi connectivity index (χ1n) is 6.72. The number of benzene rings is 1. The molecule has 21 heavy (non-hydrogen) atoms. The summed E-state index contributed by atoms with van der Waals surface area (Å²) in [5, 5.41) is 0. The van der Waals surface area contributed by atoms with Crippen molar-refractivity contribution in [1.29, 1.82) is 0 Å². The number of amides is 1. The number of hydrogen-bond acceptors (Lipinski definition) is 4. The molecule has 0 aromatic heterocycles. The Labute approximate surface area is 131 Å². The number of anilines is 1. The molecule has 1 amide bonds. The Morgan fingerprint density at radius 2 is 1.95 bits per heavy atom. The van der Waals surface area contributed by atoms with Crippen molar-refractivity contribution >= 4 is 33.4 Å². The zero-order valence-corrected chi connectivity index (χ0v) is 14.2. The highest BCUT2D eigenvalue weighted by atomic mass is 32.2. The van der Waals surface area contributed by atoms with E-state index in [0.717, 1.165) is 5.69 Å². The molecular weight excluding hydrogens is 308 g/mol. The van der Waals surface area contributed by atoms with Gasteiger partial charge in [-0.05, 0) is 37.5 Å². The van der Waals surface area contributed by atoms with Gasteiger partial charge in [-0.2, -0.15) is 11.8 Å². The maximum absolute atomic E-state index is 12.5. The normalized spacial score (nSPS) is 12.9. The highest BCUT2D eigenvalue weighted by Gasteiger charge is 2.26. The Morgan fingerprint density at radius 1 is 1.33 bits per heavy atom. The number of nitrogens with zero attached hydrogens (tertiary/aromatic N) is 1. The molecule has 1 atom stereocenters. The van der Waals surface area contributed by atoms with Gasteiger partial charge in [0.05, 0.1) is 5.75 Å². The standard InChI is InChI=1S/C14H22N2O3S2/c1-4-21(18,19)15-13(10-11-20-3)14(17)16(2)12-8-6-5-7-9-12/h5-9,13,15H,4,10-11H2,1-3H3. The van der Waals surface area contributed by atoms with Crippen molar-refractivity contribution in [2.45, 2.75) is 19.4 Å². The molecule has 0 saturated heterocycles. The molecule has 0 aliphatic heterocycles. The van der Waals surface area contributed by atoms with E-state index in [2.05, 4.69) is 4.72 Å². The summed E-state index contributed by atoms with van der Waals surface area (Å²) in [6.45, 7) is 1.55. The van der Waals surface area contributed by atoms with Crippen molar-refractivity contribution in [2.24, 2.45) is 0 Å². The number of para-hydroxylation sites is 1. The van der Waals surface area contributed by atoms with Crippen molar-refractivity contribution in [3.8, 4) is 0 Å². The van der Waals surface area contributed by atoms with E-state index in [1.807, 2.05) is 36.6 Å². The van der Waals surface area contributed by atoms with E-state index in [1.165, 1.54) is 4.90 Å². The molecule has 0 radical (unpaired) electrons. The molecule has 0 fully saturated rings. The monoisotopic (exact) mass is 330 g/mol. The Morgan fingerprint density at radius 3 is 2.48 bits per heavy atom. The lowest BCUT2D eigenvalue weighted by Crippen LogP contribution is -2.48. The second-order valence-corrected chi connectivity index (χ2v) is 7.62. The van der Waals surface area contributed by atoms with Crippen LogP contribution in [0.4, 0.5) is 5.69 Å². The van der Waals surface area contributed by atoms with Crippen molar-refractivity contribution in [3.63, 3.8) is 0 Å². The van der Waals surface area contributed by atoms with Crippen LogP contribution >= 0.6 is 11.8 Å². The van der Waals surface area contributed by atoms with Gasteiger partial charge in [-0.3, -0.25) is 4.79 Å². The SMILES string of the molecule is CCS(=O)(=O)NC(CCSC)C(=O)N(C)c1ccccc1. The van der Waals surface area contributed by atoms with E-state index in [9.17, 15) is 13.2 Å². The summed E-state index contributed by atoms with van der Waals surface area (Å²) in [7, 11) is -1.76. The van der Waals surface area contributed by atoms with E-state index < -0.39 is 16.1 Å². The van der Waals surface area contributed by atoms with Crippen LogP contribution in [0.15, 0.2) is 30.3 Å². The first-order valence-corrected chi connectivity index (χ1v) is 9.77. The number of likely N-dealkylation sites (N-methyl/N-ethyl adjacent to an activating group) is 1. The van der Waals surface area contributed by atoms with E-state index in [0.29, 0.717) is 12.2 Å². The van der Waals surface area contributed by atoms with E-state index in [4.69, 9.17) is 0 Å². The lowest BCUT2D eigenvalue weighted by atomic mass is 10.2. The lowest BCUT2D eigenvalue weighted by molar-refractivity contribution is -0.119. The van der Waals surface area contributed by atoms with Gasteiger partial charge in [0.25, 0.3) is 0 Å². The summed E-state index contributed by atoms with van der Waals surface area (Å²) in [5.41, 5.74) is 0.743. The number of carbonyl (C=O) groups is 1. The molecular formula is C14H22N2O3S2. The van der Waals surface area contributed by atoms with Gasteiger partial charge in [-0.25, -0.2) is 13.1 Å². The van der Waals surface area contributed by atoms with Crippen LogP contribution in [0.25, 0.3) is 0 Å². The third kappa shape index (κ3) is 5.68. The Balaban J connectivity index is 2.89. The number of thioether (sulfide) groups is 1. The van der Waals surface area contributed by atoms with Crippen molar-refractivity contribution < 1.29 is 13.2 Å². The minimum atomic E-state index is -3.42. The van der Waals surface area contributed by atoms with Crippen LogP contribution in [0.1, 0.15) is 13.3 Å². The quantitative estimate of drug-likeness (QED) is 0.788. The third-order valence-electron chi connectivity index (χ3n) is 3.08. The van der Waals surface area contributed by atoms with Gasteiger partial charge in [-0.15, -0.1) is 0 Å². The molecule has 5 nitrogen and oxygen atoms in total. The molecule has 0 saturated carbocycles. The summed E-state index contributed by atoms with van der Waals surface area (Å²) >= 11 is 1.58. The molecule has 0 aliphatic carbocycles. The van der Waals surface area contributed by atoms with E-state index in [1.54, 1.807) is 25.7 Å². The van der Waals surface area contributed by atoms with Crippen LogP contribution in [0.2, 0.25) is 0 Å². The predicted octanol–water partition coefficient (Wildman–Crippen LogP) is 1.71. The lowest BCUT2D eigenvalue weighted by Gasteiger charge is -2.24. The minimum absolute atomic E-state index is 0.0366. The number of rotatable bonds is 8. The predicted molar refractivity (Wildman–Crippen MR) is 89.2 cm³/mol. The molecule has 0 spiro atoms. The Bertz CT molecular complexity index is 547. The fraction of sp³-hybridized carbons (Fsp3) is 0.500. The Hall–Kier alpha value is -1.05. The molecule has 1 aromatic rings. The zero-order valence-electron chi connectivity index (χ0n) is 12.6. The third-order valence-corrected chi connectivity index (χ3v) is 5.13. The molecule has 1 unspecified atom stereocenters. The average Bonchev–Trinajstić information content (AvgIpc) is 2.50. The van der Waals surface area contributed by atoms with Crippen LogP contribution in [-0.2, 0) is 14.8 Å². The fourth-order valence-corrected chi connectivity index (χ4v) is 3.07. The molecule has 1 aromatic carbocycles. The van der Waals surface area contributed by atoms with Gasteiger partial charge in [0.15, 0.2) is 0 Å².